The molecule has 0 aromatic heterocycles. The summed E-state index contributed by atoms with van der Waals surface area (Å²) in [6.45, 7) is 2.78. The molecule has 0 spiro atoms. The van der Waals surface area contributed by atoms with E-state index in [0.29, 0.717) is 12.8 Å². The Morgan fingerprint density at radius 3 is 1.87 bits per heavy atom. The fraction of sp³-hybridized carbons (Fsp3) is 0.857. The number of carbonyl (C=O) groups is 2. The van der Waals surface area contributed by atoms with Crippen LogP contribution in [0.5, 0.6) is 0 Å². The molecule has 0 rings (SSSR count). The van der Waals surface area contributed by atoms with Gasteiger partial charge in [0.25, 0.3) is 0 Å². The van der Waals surface area contributed by atoms with Crippen LogP contribution in [0.3, 0.4) is 0 Å². The number of ether oxygens (including phenoxy) is 2. The molecule has 0 amide bonds. The van der Waals surface area contributed by atoms with Crippen molar-refractivity contribution in [2.45, 2.75) is 63.3 Å². The smallest absolute Gasteiger partial charge is 0.335 e. The van der Waals surface area contributed by atoms with Gasteiger partial charge in [0.2, 0.25) is 0 Å². The highest BCUT2D eigenvalue weighted by Crippen LogP contribution is 2.13. The molecule has 5 N–H and O–H groups in total. The van der Waals surface area contributed by atoms with Crippen LogP contribution in [0.25, 0.3) is 0 Å². The average molecular weight is 338 g/mol. The first-order valence-electron chi connectivity index (χ1n) is 7.41. The zero-order valence-electron chi connectivity index (χ0n) is 13.2. The van der Waals surface area contributed by atoms with Gasteiger partial charge in [-0.3, -0.25) is 0 Å². The van der Waals surface area contributed by atoms with Crippen LogP contribution < -0.4 is 0 Å². The maximum Gasteiger partial charge on any atom is 0.335 e. The van der Waals surface area contributed by atoms with Crippen molar-refractivity contribution in [3.63, 3.8) is 0 Å². The number of hydrogen-bond donors (Lipinski definition) is 5. The van der Waals surface area contributed by atoms with Crippen LogP contribution in [-0.4, -0.2) is 87.6 Å². The Hall–Kier alpha value is -1.10. The van der Waals surface area contributed by atoms with Gasteiger partial charge in [0.05, 0.1) is 25.4 Å². The average Bonchev–Trinajstić information content (AvgIpc) is 2.54. The molecule has 0 aromatic carbocycles. The monoisotopic (exact) mass is 338 g/mol. The van der Waals surface area contributed by atoms with Gasteiger partial charge in [0, 0.05) is 0 Å². The van der Waals surface area contributed by atoms with Crippen LogP contribution in [0.2, 0.25) is 0 Å². The lowest BCUT2D eigenvalue weighted by Crippen LogP contribution is -2.51. The second-order valence-corrected chi connectivity index (χ2v) is 5.13. The minimum absolute atomic E-state index is 0.230. The molecule has 0 aliphatic heterocycles. The topological polar surface area (TPSA) is 154 Å². The van der Waals surface area contributed by atoms with Gasteiger partial charge in [-0.2, -0.15) is 0 Å². The predicted octanol–water partition coefficient (Wildman–Crippen LogP) is -1.70. The first kappa shape index (κ1) is 21.9. The van der Waals surface area contributed by atoms with E-state index in [9.17, 15) is 30.0 Å². The second kappa shape index (κ2) is 11.4. The van der Waals surface area contributed by atoms with E-state index in [4.69, 9.17) is 14.6 Å². The minimum Gasteiger partial charge on any atom is -0.479 e. The zero-order chi connectivity index (χ0) is 18.0. The van der Waals surface area contributed by atoms with Gasteiger partial charge in [-0.15, -0.1) is 0 Å². The summed E-state index contributed by atoms with van der Waals surface area (Å²) in [5, 5.41) is 47.4. The standard InChI is InChI=1S/C14H26O9/c1-3-8(16)6-22-10(5-15)11(18)13(12(19)14(20)21)23-7-9(17)4-2/h5,8-13,16-19H,3-4,6-7H2,1-2H3,(H,20,21). The summed E-state index contributed by atoms with van der Waals surface area (Å²) in [7, 11) is 0. The first-order valence-corrected chi connectivity index (χ1v) is 7.41. The molecular formula is C14H26O9. The van der Waals surface area contributed by atoms with Crippen LogP contribution in [0.15, 0.2) is 0 Å². The maximum absolute atomic E-state index is 11.0. The van der Waals surface area contributed by atoms with Gasteiger partial charge in [-0.05, 0) is 12.8 Å². The van der Waals surface area contributed by atoms with E-state index in [2.05, 4.69) is 0 Å². The number of aldehydes is 1. The molecule has 0 saturated carbocycles. The van der Waals surface area contributed by atoms with Crippen molar-refractivity contribution in [2.75, 3.05) is 13.2 Å². The van der Waals surface area contributed by atoms with E-state index >= 15 is 0 Å². The summed E-state index contributed by atoms with van der Waals surface area (Å²) in [5.41, 5.74) is 0. The fourth-order valence-corrected chi connectivity index (χ4v) is 1.60. The van der Waals surface area contributed by atoms with Gasteiger partial charge in [-0.25, -0.2) is 4.79 Å². The van der Waals surface area contributed by atoms with Crippen molar-refractivity contribution >= 4 is 12.3 Å². The Morgan fingerprint density at radius 2 is 1.48 bits per heavy atom. The Kier molecular flexibility index (Phi) is 10.9. The predicted molar refractivity (Wildman–Crippen MR) is 77.8 cm³/mol. The number of hydrogen-bond acceptors (Lipinski definition) is 8. The van der Waals surface area contributed by atoms with Gasteiger partial charge < -0.3 is 39.8 Å². The lowest BCUT2D eigenvalue weighted by atomic mass is 10.0. The van der Waals surface area contributed by atoms with E-state index in [1.165, 1.54) is 0 Å². The Bertz CT molecular complexity index is 349. The third-order valence-electron chi connectivity index (χ3n) is 3.28. The number of rotatable bonds is 13. The number of aliphatic carboxylic acids is 1. The summed E-state index contributed by atoms with van der Waals surface area (Å²) >= 11 is 0. The highest BCUT2D eigenvalue weighted by atomic mass is 16.5. The first-order chi connectivity index (χ1) is 10.8. The molecular weight excluding hydrogens is 312 g/mol. The lowest BCUT2D eigenvalue weighted by Gasteiger charge is -2.29. The molecule has 6 atom stereocenters. The van der Waals surface area contributed by atoms with Crippen molar-refractivity contribution in [3.05, 3.63) is 0 Å². The molecule has 9 heteroatoms. The molecule has 136 valence electrons. The summed E-state index contributed by atoms with van der Waals surface area (Å²) < 4.78 is 10.1. The molecule has 0 heterocycles. The van der Waals surface area contributed by atoms with Crippen LogP contribution in [0, 0.1) is 0 Å². The fourth-order valence-electron chi connectivity index (χ4n) is 1.60. The SMILES string of the molecule is CCC(O)COC(C=O)C(O)C(OCC(O)CC)C(O)C(=O)O. The minimum atomic E-state index is -2.11. The number of carbonyl (C=O) groups excluding carboxylic acids is 1. The van der Waals surface area contributed by atoms with Gasteiger partial charge in [-0.1, -0.05) is 13.8 Å². The molecule has 23 heavy (non-hydrogen) atoms. The van der Waals surface area contributed by atoms with Gasteiger partial charge >= 0.3 is 5.97 Å². The van der Waals surface area contributed by atoms with Crippen LogP contribution in [0.1, 0.15) is 26.7 Å². The highest BCUT2D eigenvalue weighted by molar-refractivity contribution is 5.73. The Labute approximate surface area is 134 Å². The zero-order valence-corrected chi connectivity index (χ0v) is 13.2. The molecule has 0 aliphatic carbocycles. The third kappa shape index (κ3) is 7.82. The van der Waals surface area contributed by atoms with E-state index in [1.807, 2.05) is 0 Å². The summed E-state index contributed by atoms with van der Waals surface area (Å²) in [6, 6.07) is 0. The van der Waals surface area contributed by atoms with Crippen LogP contribution in [0.4, 0.5) is 0 Å². The molecule has 0 saturated heterocycles. The summed E-state index contributed by atoms with van der Waals surface area (Å²) in [4.78, 5) is 21.9. The van der Waals surface area contributed by atoms with Crippen molar-refractivity contribution in [2.24, 2.45) is 0 Å². The van der Waals surface area contributed by atoms with Crippen molar-refractivity contribution in [1.29, 1.82) is 0 Å². The van der Waals surface area contributed by atoms with E-state index in [-0.39, 0.29) is 19.5 Å². The molecule has 0 aliphatic rings. The number of carboxylic acid groups (broad SMARTS) is 1. The maximum atomic E-state index is 11.0. The van der Waals surface area contributed by atoms with Crippen molar-refractivity contribution in [1.82, 2.24) is 0 Å². The van der Waals surface area contributed by atoms with Crippen LogP contribution in [-0.2, 0) is 19.1 Å². The molecule has 0 fully saturated rings. The number of carboxylic acids is 1. The quantitative estimate of drug-likeness (QED) is 0.247. The van der Waals surface area contributed by atoms with E-state index in [1.54, 1.807) is 13.8 Å². The highest BCUT2D eigenvalue weighted by Gasteiger charge is 2.38. The number of aliphatic hydroxyl groups excluding tert-OH is 4. The molecule has 0 aromatic rings. The summed E-state index contributed by atoms with van der Waals surface area (Å²) in [5.74, 6) is -1.65. The Balaban J connectivity index is 4.94. The normalized spacial score (nSPS) is 19.4. The molecule has 0 bridgehead atoms. The van der Waals surface area contributed by atoms with Crippen molar-refractivity contribution < 1.29 is 44.6 Å². The van der Waals surface area contributed by atoms with Crippen LogP contribution >= 0.6 is 0 Å². The molecule has 9 nitrogen and oxygen atoms in total. The third-order valence-corrected chi connectivity index (χ3v) is 3.28. The Morgan fingerprint density at radius 1 is 1.00 bits per heavy atom. The summed E-state index contributed by atoms with van der Waals surface area (Å²) in [6.07, 6.45) is -7.92. The second-order valence-electron chi connectivity index (χ2n) is 5.13. The molecule has 6 unspecified atom stereocenters. The van der Waals surface area contributed by atoms with Crippen molar-refractivity contribution in [3.8, 4) is 0 Å². The molecule has 0 radical (unpaired) electrons. The largest absolute Gasteiger partial charge is 0.479 e. The lowest BCUT2D eigenvalue weighted by molar-refractivity contribution is -0.181. The number of aliphatic hydroxyl groups is 4. The van der Waals surface area contributed by atoms with Gasteiger partial charge in [0.1, 0.15) is 18.3 Å². The van der Waals surface area contributed by atoms with E-state index in [0.717, 1.165) is 0 Å². The van der Waals surface area contributed by atoms with E-state index < -0.39 is 42.6 Å². The van der Waals surface area contributed by atoms with Gasteiger partial charge in [0.15, 0.2) is 12.4 Å².